The van der Waals surface area contributed by atoms with E-state index in [1.165, 1.54) is 36.7 Å². The van der Waals surface area contributed by atoms with Gasteiger partial charge in [0.25, 0.3) is 0 Å². The third-order valence-electron chi connectivity index (χ3n) is 5.88. The summed E-state index contributed by atoms with van der Waals surface area (Å²) in [5.41, 5.74) is 0.725. The number of amides is 1. The Morgan fingerprint density at radius 1 is 1.03 bits per heavy atom. The maximum Gasteiger partial charge on any atom is 0.223 e. The van der Waals surface area contributed by atoms with Crippen LogP contribution in [-0.4, -0.2) is 62.8 Å². The molecular weight excluding hydrogens is 410 g/mol. The van der Waals surface area contributed by atoms with Crippen LogP contribution in [0.1, 0.15) is 44.1 Å². The summed E-state index contributed by atoms with van der Waals surface area (Å²) >= 11 is 5.86. The lowest BCUT2D eigenvalue weighted by Gasteiger charge is -2.30. The highest BCUT2D eigenvalue weighted by atomic mass is 35.5. The molecule has 0 atom stereocenters. The van der Waals surface area contributed by atoms with E-state index in [0.29, 0.717) is 37.5 Å². The van der Waals surface area contributed by atoms with Gasteiger partial charge in [-0.25, -0.2) is 12.7 Å². The first-order valence-electron chi connectivity index (χ1n) is 10.7. The SMILES string of the molecule is O=C(NCCCN1CCCCC1)C1CCN(S(=O)(=O)Cc2ccc(Cl)cc2)CC1. The Kier molecular flexibility index (Phi) is 8.35. The molecule has 1 amide bonds. The number of sulfonamides is 1. The lowest BCUT2D eigenvalue weighted by molar-refractivity contribution is -0.126. The number of hydrogen-bond acceptors (Lipinski definition) is 4. The van der Waals surface area contributed by atoms with Gasteiger partial charge in [0, 0.05) is 30.6 Å². The zero-order chi connectivity index (χ0) is 20.7. The topological polar surface area (TPSA) is 69.7 Å². The molecule has 2 fully saturated rings. The Bertz CT molecular complexity index is 756. The lowest BCUT2D eigenvalue weighted by Crippen LogP contribution is -2.43. The van der Waals surface area contributed by atoms with E-state index in [1.807, 2.05) is 0 Å². The van der Waals surface area contributed by atoms with Gasteiger partial charge in [0.15, 0.2) is 0 Å². The normalized spacial score (nSPS) is 19.9. The summed E-state index contributed by atoms with van der Waals surface area (Å²) in [6, 6.07) is 6.89. The second-order valence-corrected chi connectivity index (χ2v) is 10.5. The summed E-state index contributed by atoms with van der Waals surface area (Å²) in [5.74, 6) is -0.0530. The highest BCUT2D eigenvalue weighted by Gasteiger charge is 2.31. The van der Waals surface area contributed by atoms with Crippen LogP contribution in [0.3, 0.4) is 0 Å². The predicted molar refractivity (Wildman–Crippen MR) is 116 cm³/mol. The van der Waals surface area contributed by atoms with E-state index >= 15 is 0 Å². The van der Waals surface area contributed by atoms with Crippen LogP contribution >= 0.6 is 11.6 Å². The third-order valence-corrected chi connectivity index (χ3v) is 7.98. The number of nitrogens with zero attached hydrogens (tertiary/aromatic N) is 2. The number of carbonyl (C=O) groups is 1. The van der Waals surface area contributed by atoms with E-state index in [9.17, 15) is 13.2 Å². The molecular formula is C21H32ClN3O3S. The van der Waals surface area contributed by atoms with Crippen LogP contribution in [0.15, 0.2) is 24.3 Å². The number of halogens is 1. The first-order valence-corrected chi connectivity index (χ1v) is 12.6. The van der Waals surface area contributed by atoms with Gasteiger partial charge in [-0.3, -0.25) is 4.79 Å². The van der Waals surface area contributed by atoms with Gasteiger partial charge in [0.2, 0.25) is 15.9 Å². The molecule has 8 heteroatoms. The Morgan fingerprint density at radius 2 is 1.69 bits per heavy atom. The Labute approximate surface area is 179 Å². The highest BCUT2D eigenvalue weighted by Crippen LogP contribution is 2.22. The smallest absolute Gasteiger partial charge is 0.223 e. The zero-order valence-electron chi connectivity index (χ0n) is 17.0. The number of likely N-dealkylation sites (tertiary alicyclic amines) is 1. The maximum absolute atomic E-state index is 12.7. The quantitative estimate of drug-likeness (QED) is 0.630. The van der Waals surface area contributed by atoms with Crippen molar-refractivity contribution in [2.45, 2.75) is 44.3 Å². The number of carbonyl (C=O) groups excluding carboxylic acids is 1. The standard InChI is InChI=1S/C21H32ClN3O3S/c22-20-7-5-18(6-8-20)17-29(27,28)25-15-9-19(10-16-25)21(26)23-11-4-14-24-12-2-1-3-13-24/h5-8,19H,1-4,9-17H2,(H,23,26). The number of hydrogen-bond donors (Lipinski definition) is 1. The number of benzene rings is 1. The van der Waals surface area contributed by atoms with Crippen LogP contribution in [-0.2, 0) is 20.6 Å². The van der Waals surface area contributed by atoms with Gasteiger partial charge < -0.3 is 10.2 Å². The minimum atomic E-state index is -3.38. The van der Waals surface area contributed by atoms with Crippen molar-refractivity contribution < 1.29 is 13.2 Å². The average Bonchev–Trinajstić information content (AvgIpc) is 2.73. The largest absolute Gasteiger partial charge is 0.356 e. The van der Waals surface area contributed by atoms with Crippen molar-refractivity contribution in [3.05, 3.63) is 34.9 Å². The fourth-order valence-corrected chi connectivity index (χ4v) is 5.81. The molecule has 0 radical (unpaired) electrons. The van der Waals surface area contributed by atoms with Crippen molar-refractivity contribution >= 4 is 27.5 Å². The minimum absolute atomic E-state index is 0.0302. The number of nitrogens with one attached hydrogen (secondary N) is 1. The van der Waals surface area contributed by atoms with Gasteiger partial charge in [-0.1, -0.05) is 30.2 Å². The average molecular weight is 442 g/mol. The van der Waals surface area contributed by atoms with Crippen LogP contribution in [0.25, 0.3) is 0 Å². The molecule has 0 saturated carbocycles. The molecule has 3 rings (SSSR count). The van der Waals surface area contributed by atoms with Crippen LogP contribution in [0, 0.1) is 5.92 Å². The third kappa shape index (κ3) is 6.95. The highest BCUT2D eigenvalue weighted by molar-refractivity contribution is 7.88. The van der Waals surface area contributed by atoms with Crippen molar-refractivity contribution in [3.8, 4) is 0 Å². The fourth-order valence-electron chi connectivity index (χ4n) is 4.12. The summed E-state index contributed by atoms with van der Waals surface area (Å²) in [7, 11) is -3.38. The van der Waals surface area contributed by atoms with E-state index in [4.69, 9.17) is 11.6 Å². The summed E-state index contributed by atoms with van der Waals surface area (Å²) in [4.78, 5) is 14.9. The van der Waals surface area contributed by atoms with Crippen molar-refractivity contribution in [1.82, 2.24) is 14.5 Å². The molecule has 2 aliphatic heterocycles. The van der Waals surface area contributed by atoms with E-state index in [0.717, 1.165) is 18.5 Å². The summed E-state index contributed by atoms with van der Waals surface area (Å²) < 4.78 is 26.8. The molecule has 2 aliphatic rings. The number of rotatable bonds is 8. The van der Waals surface area contributed by atoms with Gasteiger partial charge in [0.05, 0.1) is 5.75 Å². The van der Waals surface area contributed by atoms with Crippen LogP contribution in [0.2, 0.25) is 5.02 Å². The van der Waals surface area contributed by atoms with Crippen molar-refractivity contribution in [1.29, 1.82) is 0 Å². The van der Waals surface area contributed by atoms with Gasteiger partial charge in [-0.15, -0.1) is 0 Å². The van der Waals surface area contributed by atoms with Crippen molar-refractivity contribution in [3.63, 3.8) is 0 Å². The molecule has 0 spiro atoms. The summed E-state index contributed by atoms with van der Waals surface area (Å²) in [6.07, 6.45) is 6.04. The minimum Gasteiger partial charge on any atom is -0.356 e. The maximum atomic E-state index is 12.7. The van der Waals surface area contributed by atoms with Gasteiger partial charge in [-0.2, -0.15) is 0 Å². The Morgan fingerprint density at radius 3 is 2.34 bits per heavy atom. The van der Waals surface area contributed by atoms with Crippen LogP contribution in [0.4, 0.5) is 0 Å². The van der Waals surface area contributed by atoms with E-state index < -0.39 is 10.0 Å². The molecule has 2 saturated heterocycles. The fraction of sp³-hybridized carbons (Fsp3) is 0.667. The molecule has 0 unspecified atom stereocenters. The van der Waals surface area contributed by atoms with Gasteiger partial charge >= 0.3 is 0 Å². The van der Waals surface area contributed by atoms with E-state index in [-0.39, 0.29) is 17.6 Å². The van der Waals surface area contributed by atoms with Crippen LogP contribution in [0.5, 0.6) is 0 Å². The molecule has 0 aliphatic carbocycles. The van der Waals surface area contributed by atoms with Crippen molar-refractivity contribution in [2.75, 3.05) is 39.3 Å². The zero-order valence-corrected chi connectivity index (χ0v) is 18.6. The Hall–Kier alpha value is -1.15. The molecule has 6 nitrogen and oxygen atoms in total. The van der Waals surface area contributed by atoms with Gasteiger partial charge in [-0.05, 0) is 69.4 Å². The van der Waals surface area contributed by atoms with E-state index in [2.05, 4.69) is 10.2 Å². The lowest BCUT2D eigenvalue weighted by atomic mass is 9.97. The summed E-state index contributed by atoms with van der Waals surface area (Å²) in [6.45, 7) is 4.91. The molecule has 0 bridgehead atoms. The second-order valence-electron chi connectivity index (χ2n) is 8.10. The number of piperidine rings is 2. The Balaban J connectivity index is 1.37. The molecule has 1 aromatic rings. The first-order chi connectivity index (χ1) is 13.9. The monoisotopic (exact) mass is 441 g/mol. The van der Waals surface area contributed by atoms with Crippen molar-refractivity contribution in [2.24, 2.45) is 5.92 Å². The first kappa shape index (κ1) is 22.5. The molecule has 1 aromatic carbocycles. The molecule has 1 N–H and O–H groups in total. The molecule has 29 heavy (non-hydrogen) atoms. The van der Waals surface area contributed by atoms with Crippen LogP contribution < -0.4 is 5.32 Å². The molecule has 162 valence electrons. The summed E-state index contributed by atoms with van der Waals surface area (Å²) in [5, 5.41) is 3.64. The molecule has 0 aromatic heterocycles. The predicted octanol–water partition coefficient (Wildman–Crippen LogP) is 2.87. The van der Waals surface area contributed by atoms with E-state index in [1.54, 1.807) is 24.3 Å². The second kappa shape index (κ2) is 10.8. The molecule has 2 heterocycles. The van der Waals surface area contributed by atoms with Gasteiger partial charge in [0.1, 0.15) is 0 Å².